The molecule has 0 spiro atoms. The molecule has 0 atom stereocenters. The molecule has 20 heavy (non-hydrogen) atoms. The molecule has 0 amide bonds. The van der Waals surface area contributed by atoms with Crippen molar-refractivity contribution < 1.29 is 4.79 Å². The Morgan fingerprint density at radius 1 is 1.15 bits per heavy atom. The van der Waals surface area contributed by atoms with Crippen molar-refractivity contribution in [2.75, 3.05) is 0 Å². The number of aldehydes is 1. The average Bonchev–Trinajstić information content (AvgIpc) is 2.85. The fraction of sp³-hybridized carbons (Fsp3) is 0.0588. The van der Waals surface area contributed by atoms with E-state index in [1.165, 1.54) is 5.56 Å². The summed E-state index contributed by atoms with van der Waals surface area (Å²) in [6.07, 6.45) is 0.842. The van der Waals surface area contributed by atoms with Crippen LogP contribution in [0.15, 0.2) is 42.5 Å². The minimum Gasteiger partial charge on any atom is -0.354 e. The van der Waals surface area contributed by atoms with E-state index in [1.807, 2.05) is 37.3 Å². The summed E-state index contributed by atoms with van der Waals surface area (Å²) in [4.78, 5) is 14.7. The molecule has 2 aromatic carbocycles. The fourth-order valence-corrected chi connectivity index (χ4v) is 2.35. The van der Waals surface area contributed by atoms with Crippen LogP contribution in [0.3, 0.4) is 0 Å². The second kappa shape index (κ2) is 4.67. The number of carbonyl (C=O) groups excluding carboxylic acids is 1. The van der Waals surface area contributed by atoms with E-state index >= 15 is 0 Å². The lowest BCUT2D eigenvalue weighted by Crippen LogP contribution is -1.85. The Kier molecular flexibility index (Phi) is 2.85. The highest BCUT2D eigenvalue weighted by Gasteiger charge is 2.12. The van der Waals surface area contributed by atoms with Crippen molar-refractivity contribution in [3.8, 4) is 17.3 Å². The number of carbonyl (C=O) groups is 1. The third-order valence-electron chi connectivity index (χ3n) is 3.43. The molecule has 0 unspecified atom stereocenters. The van der Waals surface area contributed by atoms with Gasteiger partial charge in [-0.3, -0.25) is 4.79 Å². The largest absolute Gasteiger partial charge is 0.354 e. The Bertz CT molecular complexity index is 836. The minimum absolute atomic E-state index is 0.551. The van der Waals surface area contributed by atoms with E-state index in [0.717, 1.165) is 28.4 Å². The number of rotatable bonds is 2. The Labute approximate surface area is 116 Å². The highest BCUT2D eigenvalue weighted by Crippen LogP contribution is 2.29. The first-order valence-corrected chi connectivity index (χ1v) is 6.31. The first kappa shape index (κ1) is 12.2. The van der Waals surface area contributed by atoms with Crippen molar-refractivity contribution in [3.63, 3.8) is 0 Å². The molecule has 0 aliphatic carbocycles. The average molecular weight is 260 g/mol. The lowest BCUT2D eigenvalue weighted by molar-refractivity contribution is 0.112. The van der Waals surface area contributed by atoms with Crippen molar-refractivity contribution in [1.82, 2.24) is 4.98 Å². The van der Waals surface area contributed by atoms with Crippen LogP contribution in [0.1, 0.15) is 21.5 Å². The molecule has 3 rings (SSSR count). The third-order valence-corrected chi connectivity index (χ3v) is 3.43. The van der Waals surface area contributed by atoms with Crippen LogP contribution in [-0.4, -0.2) is 11.3 Å². The van der Waals surface area contributed by atoms with Crippen LogP contribution in [-0.2, 0) is 0 Å². The number of fused-ring (bicyclic) bond motifs is 1. The number of aryl methyl sites for hydroxylation is 1. The summed E-state index contributed by atoms with van der Waals surface area (Å²) in [5.74, 6) is 0. The maximum atomic E-state index is 11.4. The summed E-state index contributed by atoms with van der Waals surface area (Å²) in [5, 5.41) is 9.75. The Balaban J connectivity index is 2.28. The van der Waals surface area contributed by atoms with Gasteiger partial charge in [0.25, 0.3) is 0 Å². The number of aromatic amines is 1. The molecular formula is C17H12N2O. The molecule has 0 bridgehead atoms. The van der Waals surface area contributed by atoms with Crippen molar-refractivity contribution in [2.45, 2.75) is 6.92 Å². The molecule has 0 aliphatic rings. The summed E-state index contributed by atoms with van der Waals surface area (Å²) in [5.41, 5.74) is 4.94. The van der Waals surface area contributed by atoms with E-state index in [0.29, 0.717) is 11.1 Å². The van der Waals surface area contributed by atoms with Crippen LogP contribution in [0.4, 0.5) is 0 Å². The molecule has 1 N–H and O–H groups in total. The number of hydrogen-bond donors (Lipinski definition) is 1. The smallest absolute Gasteiger partial charge is 0.152 e. The van der Waals surface area contributed by atoms with E-state index in [9.17, 15) is 4.79 Å². The van der Waals surface area contributed by atoms with Crippen molar-refractivity contribution in [3.05, 3.63) is 59.2 Å². The van der Waals surface area contributed by atoms with Gasteiger partial charge < -0.3 is 4.98 Å². The predicted octanol–water partition coefficient (Wildman–Crippen LogP) is 3.83. The van der Waals surface area contributed by atoms with Gasteiger partial charge in [-0.2, -0.15) is 5.26 Å². The molecule has 0 saturated heterocycles. The molecule has 1 aromatic heterocycles. The zero-order valence-electron chi connectivity index (χ0n) is 11.0. The van der Waals surface area contributed by atoms with Gasteiger partial charge in [-0.15, -0.1) is 0 Å². The monoisotopic (exact) mass is 260 g/mol. The van der Waals surface area contributed by atoms with Gasteiger partial charge in [0.15, 0.2) is 6.29 Å². The van der Waals surface area contributed by atoms with Crippen LogP contribution < -0.4 is 0 Å². The van der Waals surface area contributed by atoms with Gasteiger partial charge in [0, 0.05) is 16.5 Å². The van der Waals surface area contributed by atoms with Crippen LogP contribution in [0.25, 0.3) is 22.2 Å². The normalized spacial score (nSPS) is 10.4. The topological polar surface area (TPSA) is 56.6 Å². The number of H-pyrrole nitrogens is 1. The van der Waals surface area contributed by atoms with Crippen LogP contribution in [0, 0.1) is 18.3 Å². The minimum atomic E-state index is 0.551. The second-order valence-electron chi connectivity index (χ2n) is 4.77. The lowest BCUT2D eigenvalue weighted by Gasteiger charge is -2.00. The van der Waals surface area contributed by atoms with Crippen molar-refractivity contribution >= 4 is 17.2 Å². The van der Waals surface area contributed by atoms with Crippen LogP contribution in [0.2, 0.25) is 0 Å². The summed E-state index contributed by atoms with van der Waals surface area (Å²) in [6, 6.07) is 15.4. The number of aromatic nitrogens is 1. The maximum Gasteiger partial charge on any atom is 0.152 e. The molecule has 96 valence electrons. The van der Waals surface area contributed by atoms with Gasteiger partial charge in [-0.05, 0) is 30.7 Å². The van der Waals surface area contributed by atoms with E-state index in [-0.39, 0.29) is 0 Å². The number of benzene rings is 2. The van der Waals surface area contributed by atoms with Gasteiger partial charge in [0.05, 0.1) is 17.3 Å². The predicted molar refractivity (Wildman–Crippen MR) is 78.6 cm³/mol. The first-order valence-electron chi connectivity index (χ1n) is 6.31. The van der Waals surface area contributed by atoms with E-state index < -0.39 is 0 Å². The first-order chi connectivity index (χ1) is 9.72. The van der Waals surface area contributed by atoms with Crippen molar-refractivity contribution in [1.29, 1.82) is 5.26 Å². The summed E-state index contributed by atoms with van der Waals surface area (Å²) in [7, 11) is 0. The molecule has 1 heterocycles. The highest BCUT2D eigenvalue weighted by atomic mass is 16.1. The van der Waals surface area contributed by atoms with Gasteiger partial charge >= 0.3 is 0 Å². The quantitative estimate of drug-likeness (QED) is 0.712. The molecule has 0 aliphatic heterocycles. The van der Waals surface area contributed by atoms with Gasteiger partial charge in [0.2, 0.25) is 0 Å². The molecule has 0 fully saturated rings. The van der Waals surface area contributed by atoms with E-state index in [4.69, 9.17) is 5.26 Å². The van der Waals surface area contributed by atoms with Crippen LogP contribution in [0.5, 0.6) is 0 Å². The molecule has 3 nitrogen and oxygen atoms in total. The molecule has 3 heteroatoms. The van der Waals surface area contributed by atoms with E-state index in [2.05, 4.69) is 11.1 Å². The van der Waals surface area contributed by atoms with Gasteiger partial charge in [-0.1, -0.05) is 29.8 Å². The summed E-state index contributed by atoms with van der Waals surface area (Å²) < 4.78 is 0. The number of hydrogen-bond acceptors (Lipinski definition) is 2. The third kappa shape index (κ3) is 1.88. The summed E-state index contributed by atoms with van der Waals surface area (Å²) in [6.45, 7) is 2.02. The van der Waals surface area contributed by atoms with Crippen molar-refractivity contribution in [2.24, 2.45) is 0 Å². The SMILES string of the molecule is Cc1ccc(-c2[nH]c3ccc(C#N)cc3c2C=O)cc1. The Hall–Kier alpha value is -2.86. The number of nitrogens with zero attached hydrogens (tertiary/aromatic N) is 1. The van der Waals surface area contributed by atoms with Gasteiger partial charge in [0.1, 0.15) is 0 Å². The number of nitrogens with one attached hydrogen (secondary N) is 1. The highest BCUT2D eigenvalue weighted by molar-refractivity contribution is 6.04. The zero-order chi connectivity index (χ0) is 14.1. The maximum absolute atomic E-state index is 11.4. The molecular weight excluding hydrogens is 248 g/mol. The zero-order valence-corrected chi connectivity index (χ0v) is 11.0. The molecule has 0 saturated carbocycles. The van der Waals surface area contributed by atoms with Gasteiger partial charge in [-0.25, -0.2) is 0 Å². The Morgan fingerprint density at radius 3 is 2.55 bits per heavy atom. The molecule has 3 aromatic rings. The van der Waals surface area contributed by atoms with Crippen LogP contribution >= 0.6 is 0 Å². The lowest BCUT2D eigenvalue weighted by atomic mass is 10.0. The Morgan fingerprint density at radius 2 is 1.90 bits per heavy atom. The number of nitriles is 1. The second-order valence-corrected chi connectivity index (χ2v) is 4.77. The summed E-state index contributed by atoms with van der Waals surface area (Å²) >= 11 is 0. The molecule has 0 radical (unpaired) electrons. The standard InChI is InChI=1S/C17H12N2O/c1-11-2-5-13(6-3-11)17-15(10-20)14-8-12(9-18)4-7-16(14)19-17/h2-8,10,19H,1H3. The fourth-order valence-electron chi connectivity index (χ4n) is 2.35. The van der Waals surface area contributed by atoms with E-state index in [1.54, 1.807) is 12.1 Å².